The van der Waals surface area contributed by atoms with Crippen LogP contribution in [0, 0.1) is 11.8 Å². The zero-order valence-electron chi connectivity index (χ0n) is 26.8. The van der Waals surface area contributed by atoms with Crippen LogP contribution in [0.15, 0.2) is 25.3 Å². The first-order valence-corrected chi connectivity index (χ1v) is 15.9. The number of hydrogen-bond donors (Lipinski definition) is 1. The van der Waals surface area contributed by atoms with E-state index in [2.05, 4.69) is 13.2 Å². The first kappa shape index (κ1) is 35.3. The Morgan fingerprint density at radius 2 is 1.77 bits per heavy atom. The van der Waals surface area contributed by atoms with Crippen molar-refractivity contribution in [3.8, 4) is 0 Å². The van der Waals surface area contributed by atoms with Gasteiger partial charge in [-0.1, -0.05) is 25.0 Å². The van der Waals surface area contributed by atoms with Crippen molar-refractivity contribution in [1.29, 1.82) is 0 Å². The highest BCUT2D eigenvalue weighted by molar-refractivity contribution is 6.04. The third-order valence-electron chi connectivity index (χ3n) is 8.67. The number of ether oxygens (including phenoxy) is 3. The van der Waals surface area contributed by atoms with Crippen molar-refractivity contribution in [1.82, 2.24) is 9.80 Å². The zero-order chi connectivity index (χ0) is 32.7. The highest BCUT2D eigenvalue weighted by Gasteiger charge is 2.69. The first-order valence-electron chi connectivity index (χ1n) is 15.9. The Morgan fingerprint density at radius 1 is 1.09 bits per heavy atom. The largest absolute Gasteiger partial charge is 0.467 e. The van der Waals surface area contributed by atoms with E-state index in [0.29, 0.717) is 12.8 Å². The van der Waals surface area contributed by atoms with Gasteiger partial charge in [-0.2, -0.15) is 0 Å². The number of carbonyl (C=O) groups is 5. The van der Waals surface area contributed by atoms with Crippen LogP contribution in [-0.2, 0) is 33.4 Å². The number of rotatable bonds is 14. The van der Waals surface area contributed by atoms with Gasteiger partial charge < -0.3 is 24.2 Å². The number of aliphatic hydroxyl groups excluding tert-OH is 1. The van der Waals surface area contributed by atoms with Crippen molar-refractivity contribution in [2.45, 2.75) is 127 Å². The first-order chi connectivity index (χ1) is 20.8. The third-order valence-corrected chi connectivity index (χ3v) is 8.67. The van der Waals surface area contributed by atoms with E-state index in [0.717, 1.165) is 49.8 Å². The Hall–Kier alpha value is -3.21. The summed E-state index contributed by atoms with van der Waals surface area (Å²) in [6.45, 7) is 12.2. The van der Waals surface area contributed by atoms with Gasteiger partial charge in [0, 0.05) is 24.8 Å². The quantitative estimate of drug-likeness (QED) is 0.129. The molecule has 11 heteroatoms. The summed E-state index contributed by atoms with van der Waals surface area (Å²) in [5, 5.41) is 10.7. The monoisotopic (exact) mass is 618 g/mol. The Bertz CT molecular complexity index is 1090. The molecular formula is C33H50N2O9. The SMILES string of the molecule is C=CCCCCC[C@H](CC(=O)OC1CCCC1)C(=O)N1C[C@H](O)C[C@H]1C(=O)N(C(=O)OC(C)(C)C)[C@]1(C(=O)OC)C[C@H]1C=C. The van der Waals surface area contributed by atoms with E-state index in [9.17, 15) is 29.1 Å². The molecule has 2 aliphatic carbocycles. The highest BCUT2D eigenvalue weighted by atomic mass is 16.6. The number of imide groups is 1. The second kappa shape index (κ2) is 15.2. The molecule has 3 amide bonds. The second-order valence-electron chi connectivity index (χ2n) is 13.2. The van der Waals surface area contributed by atoms with Crippen LogP contribution >= 0.6 is 0 Å². The van der Waals surface area contributed by atoms with Gasteiger partial charge in [-0.15, -0.1) is 13.2 Å². The number of aliphatic hydroxyl groups is 1. The van der Waals surface area contributed by atoms with Gasteiger partial charge in [-0.05, 0) is 72.1 Å². The summed E-state index contributed by atoms with van der Waals surface area (Å²) in [5.41, 5.74) is -2.67. The fourth-order valence-electron chi connectivity index (χ4n) is 6.36. The molecule has 0 radical (unpaired) electrons. The molecule has 0 bridgehead atoms. The lowest BCUT2D eigenvalue weighted by Crippen LogP contribution is -2.59. The van der Waals surface area contributed by atoms with Crippen molar-refractivity contribution in [2.24, 2.45) is 11.8 Å². The molecule has 2 saturated carbocycles. The average Bonchev–Trinajstić information content (AvgIpc) is 3.24. The number of hydrogen-bond acceptors (Lipinski definition) is 9. The fourth-order valence-corrected chi connectivity index (χ4v) is 6.36. The molecule has 1 saturated heterocycles. The molecule has 0 aromatic rings. The maximum absolute atomic E-state index is 14.3. The zero-order valence-corrected chi connectivity index (χ0v) is 26.8. The summed E-state index contributed by atoms with van der Waals surface area (Å²) in [4.78, 5) is 70.0. The molecule has 44 heavy (non-hydrogen) atoms. The number of carbonyl (C=O) groups excluding carboxylic acids is 5. The molecule has 0 spiro atoms. The minimum Gasteiger partial charge on any atom is -0.467 e. The summed E-state index contributed by atoms with van der Waals surface area (Å²) in [6, 6.07) is -1.26. The van der Waals surface area contributed by atoms with Gasteiger partial charge in [0.2, 0.25) is 5.91 Å². The Kier molecular flexibility index (Phi) is 12.2. The molecule has 3 fully saturated rings. The third kappa shape index (κ3) is 8.49. The van der Waals surface area contributed by atoms with Crippen molar-refractivity contribution in [3.63, 3.8) is 0 Å². The molecule has 5 atom stereocenters. The number of allylic oxidation sites excluding steroid dienone is 1. The fraction of sp³-hybridized carbons (Fsp3) is 0.727. The van der Waals surface area contributed by atoms with Crippen LogP contribution in [0.2, 0.25) is 0 Å². The maximum atomic E-state index is 14.3. The second-order valence-corrected chi connectivity index (χ2v) is 13.2. The van der Waals surface area contributed by atoms with Crippen LogP contribution in [0.4, 0.5) is 4.79 Å². The summed E-state index contributed by atoms with van der Waals surface area (Å²) in [7, 11) is 1.17. The molecule has 1 N–H and O–H groups in total. The smallest absolute Gasteiger partial charge is 0.418 e. The molecule has 11 nitrogen and oxygen atoms in total. The minimum atomic E-state index is -1.67. The van der Waals surface area contributed by atoms with Crippen LogP contribution < -0.4 is 0 Å². The van der Waals surface area contributed by atoms with Gasteiger partial charge in [-0.3, -0.25) is 14.4 Å². The van der Waals surface area contributed by atoms with Gasteiger partial charge in [0.05, 0.1) is 19.6 Å². The Labute approximate surface area is 260 Å². The molecule has 0 unspecified atom stereocenters. The molecule has 3 aliphatic rings. The molecule has 0 aromatic heterocycles. The molecule has 0 aromatic carbocycles. The van der Waals surface area contributed by atoms with E-state index in [-0.39, 0.29) is 31.9 Å². The van der Waals surface area contributed by atoms with Crippen LogP contribution in [0.25, 0.3) is 0 Å². The van der Waals surface area contributed by atoms with Gasteiger partial charge in [-0.25, -0.2) is 14.5 Å². The Morgan fingerprint density at radius 3 is 2.34 bits per heavy atom. The maximum Gasteiger partial charge on any atom is 0.418 e. The molecule has 3 rings (SSSR count). The van der Waals surface area contributed by atoms with Crippen molar-refractivity contribution >= 4 is 29.8 Å². The highest BCUT2D eigenvalue weighted by Crippen LogP contribution is 2.51. The number of esters is 2. The number of β-amino-alcohol motifs (C(OH)–C–C–N with tert-alkyl or cyclic N) is 1. The normalized spacial score (nSPS) is 25.6. The van der Waals surface area contributed by atoms with E-state index in [4.69, 9.17) is 14.2 Å². The number of methoxy groups -OCH3 is 1. The van der Waals surface area contributed by atoms with E-state index < -0.39 is 65.0 Å². The van der Waals surface area contributed by atoms with E-state index in [1.807, 2.05) is 6.08 Å². The summed E-state index contributed by atoms with van der Waals surface area (Å²) < 4.78 is 16.2. The molecule has 1 heterocycles. The number of unbranched alkanes of at least 4 members (excludes halogenated alkanes) is 3. The van der Waals surface area contributed by atoms with Crippen LogP contribution in [-0.4, -0.2) is 87.8 Å². The van der Waals surface area contributed by atoms with Gasteiger partial charge >= 0.3 is 18.0 Å². The van der Waals surface area contributed by atoms with Crippen LogP contribution in [0.1, 0.15) is 97.8 Å². The molecule has 1 aliphatic heterocycles. The lowest BCUT2D eigenvalue weighted by atomic mass is 9.95. The van der Waals surface area contributed by atoms with Crippen molar-refractivity contribution in [3.05, 3.63) is 25.3 Å². The topological polar surface area (TPSA) is 140 Å². The van der Waals surface area contributed by atoms with Crippen molar-refractivity contribution in [2.75, 3.05) is 13.7 Å². The van der Waals surface area contributed by atoms with E-state index in [1.165, 1.54) is 18.1 Å². The lowest BCUT2D eigenvalue weighted by molar-refractivity contribution is -0.159. The van der Waals surface area contributed by atoms with Crippen LogP contribution in [0.5, 0.6) is 0 Å². The summed E-state index contributed by atoms with van der Waals surface area (Å²) in [5.74, 6) is -3.94. The number of nitrogens with zero attached hydrogens (tertiary/aromatic N) is 2. The number of likely N-dealkylation sites (tertiary alicyclic amines) is 1. The van der Waals surface area contributed by atoms with E-state index >= 15 is 0 Å². The standard InChI is InChI=1S/C33H50N2O9/c1-7-9-10-11-12-15-22(18-27(37)43-25-16-13-14-17-25)28(38)34-21-24(36)19-26(34)29(39)35(31(41)44-32(3,4)5)33(30(40)42-6)20-23(33)8-2/h7-8,22-26,36H,1-2,9-21H2,3-6H3/t22-,23-,24-,26+,33-/m1/s1. The van der Waals surface area contributed by atoms with Crippen LogP contribution in [0.3, 0.4) is 0 Å². The van der Waals surface area contributed by atoms with Gasteiger partial charge in [0.25, 0.3) is 5.91 Å². The summed E-state index contributed by atoms with van der Waals surface area (Å²) >= 11 is 0. The average molecular weight is 619 g/mol. The predicted molar refractivity (Wildman–Crippen MR) is 162 cm³/mol. The van der Waals surface area contributed by atoms with Gasteiger partial charge in [0.1, 0.15) is 17.7 Å². The Balaban J connectivity index is 1.89. The van der Waals surface area contributed by atoms with E-state index in [1.54, 1.807) is 20.8 Å². The lowest BCUT2D eigenvalue weighted by Gasteiger charge is -2.35. The molecular weight excluding hydrogens is 568 g/mol. The predicted octanol–water partition coefficient (Wildman–Crippen LogP) is 4.46. The van der Waals surface area contributed by atoms with Crippen molar-refractivity contribution < 1.29 is 43.3 Å². The van der Waals surface area contributed by atoms with Gasteiger partial charge in [0.15, 0.2) is 5.54 Å². The molecule has 246 valence electrons. The minimum absolute atomic E-state index is 0.0950. The summed E-state index contributed by atoms with van der Waals surface area (Å²) in [6.07, 6.45) is 8.08. The number of amides is 3.